The topological polar surface area (TPSA) is 78.9 Å². The first kappa shape index (κ1) is 60.4. The van der Waals surface area contributed by atoms with E-state index in [1.54, 1.807) is 0 Å². The van der Waals surface area contributed by atoms with Crippen LogP contribution in [0.2, 0.25) is 0 Å². The van der Waals surface area contributed by atoms with Gasteiger partial charge in [-0.2, -0.15) is 0 Å². The van der Waals surface area contributed by atoms with Crippen molar-refractivity contribution in [3.05, 3.63) is 0 Å². The molecular formula is C56H108O6. The van der Waals surface area contributed by atoms with Crippen molar-refractivity contribution in [3.8, 4) is 0 Å². The molecule has 1 atom stereocenters. The summed E-state index contributed by atoms with van der Waals surface area (Å²) in [6.07, 6.45) is 53.8. The predicted molar refractivity (Wildman–Crippen MR) is 266 cm³/mol. The minimum atomic E-state index is -0.761. The number of rotatable bonds is 51. The largest absolute Gasteiger partial charge is 0.462 e. The maximum Gasteiger partial charge on any atom is 0.306 e. The van der Waals surface area contributed by atoms with Gasteiger partial charge in [0.1, 0.15) is 13.2 Å². The molecule has 0 radical (unpaired) electrons. The fourth-order valence-electron chi connectivity index (χ4n) is 8.57. The summed E-state index contributed by atoms with van der Waals surface area (Å²) in [5, 5.41) is 0. The molecule has 0 aliphatic rings. The van der Waals surface area contributed by atoms with E-state index in [1.807, 2.05) is 0 Å². The van der Waals surface area contributed by atoms with Crippen LogP contribution in [0.4, 0.5) is 0 Å². The molecule has 0 rings (SSSR count). The van der Waals surface area contributed by atoms with Crippen LogP contribution in [0.25, 0.3) is 0 Å². The fourth-order valence-corrected chi connectivity index (χ4v) is 8.57. The molecule has 0 heterocycles. The molecule has 0 saturated carbocycles. The number of unbranched alkanes of at least 4 members (excludes halogenated alkanes) is 38. The average molecular weight is 877 g/mol. The van der Waals surface area contributed by atoms with Crippen molar-refractivity contribution in [2.75, 3.05) is 13.2 Å². The van der Waals surface area contributed by atoms with E-state index < -0.39 is 6.10 Å². The Morgan fingerprint density at radius 1 is 0.306 bits per heavy atom. The van der Waals surface area contributed by atoms with E-state index in [0.29, 0.717) is 19.3 Å². The third kappa shape index (κ3) is 49.4. The molecule has 0 amide bonds. The van der Waals surface area contributed by atoms with Gasteiger partial charge in [0.2, 0.25) is 0 Å². The van der Waals surface area contributed by atoms with Crippen molar-refractivity contribution < 1.29 is 28.6 Å². The Kier molecular flexibility index (Phi) is 49.1. The summed E-state index contributed by atoms with van der Waals surface area (Å²) < 4.78 is 16.9. The van der Waals surface area contributed by atoms with Crippen LogP contribution in [0.3, 0.4) is 0 Å². The third-order valence-electron chi connectivity index (χ3n) is 12.8. The van der Waals surface area contributed by atoms with Crippen molar-refractivity contribution in [1.82, 2.24) is 0 Å². The first-order valence-electron chi connectivity index (χ1n) is 27.9. The molecular weight excluding hydrogens is 769 g/mol. The zero-order valence-corrected chi connectivity index (χ0v) is 42.3. The van der Waals surface area contributed by atoms with Gasteiger partial charge in [0.25, 0.3) is 0 Å². The second-order valence-corrected chi connectivity index (χ2v) is 19.7. The van der Waals surface area contributed by atoms with E-state index in [-0.39, 0.29) is 31.1 Å². The van der Waals surface area contributed by atoms with Crippen LogP contribution in [0.15, 0.2) is 0 Å². The van der Waals surface area contributed by atoms with Gasteiger partial charge in [-0.3, -0.25) is 14.4 Å². The molecule has 368 valence electrons. The van der Waals surface area contributed by atoms with E-state index in [9.17, 15) is 14.4 Å². The van der Waals surface area contributed by atoms with Crippen LogP contribution in [-0.2, 0) is 28.6 Å². The van der Waals surface area contributed by atoms with Gasteiger partial charge in [0.15, 0.2) is 6.10 Å². The van der Waals surface area contributed by atoms with E-state index >= 15 is 0 Å². The normalized spacial score (nSPS) is 12.0. The molecule has 0 aromatic carbocycles. The lowest BCUT2D eigenvalue weighted by Gasteiger charge is -2.18. The maximum atomic E-state index is 12.8. The van der Waals surface area contributed by atoms with Gasteiger partial charge in [-0.1, -0.05) is 278 Å². The lowest BCUT2D eigenvalue weighted by molar-refractivity contribution is -0.167. The first-order chi connectivity index (χ1) is 30.4. The second kappa shape index (κ2) is 50.4. The highest BCUT2D eigenvalue weighted by Crippen LogP contribution is 2.18. The number of hydrogen-bond acceptors (Lipinski definition) is 6. The third-order valence-corrected chi connectivity index (χ3v) is 12.8. The van der Waals surface area contributed by atoms with Crippen molar-refractivity contribution in [2.45, 2.75) is 323 Å². The molecule has 6 nitrogen and oxygen atoms in total. The van der Waals surface area contributed by atoms with Crippen LogP contribution in [0, 0.1) is 5.92 Å². The zero-order valence-electron chi connectivity index (χ0n) is 42.3. The van der Waals surface area contributed by atoms with E-state index in [4.69, 9.17) is 14.2 Å². The van der Waals surface area contributed by atoms with Crippen LogP contribution in [-0.4, -0.2) is 37.2 Å². The lowest BCUT2D eigenvalue weighted by atomic mass is 10.0. The minimum absolute atomic E-state index is 0.0626. The van der Waals surface area contributed by atoms with Crippen molar-refractivity contribution in [1.29, 1.82) is 0 Å². The Morgan fingerprint density at radius 3 is 0.790 bits per heavy atom. The molecule has 0 bridgehead atoms. The smallest absolute Gasteiger partial charge is 0.306 e. The number of ether oxygens (including phenoxy) is 3. The van der Waals surface area contributed by atoms with Gasteiger partial charge in [0.05, 0.1) is 0 Å². The lowest BCUT2D eigenvalue weighted by Crippen LogP contribution is -2.30. The highest BCUT2D eigenvalue weighted by molar-refractivity contribution is 5.71. The predicted octanol–water partition coefficient (Wildman–Crippen LogP) is 18.2. The molecule has 0 aromatic rings. The second-order valence-electron chi connectivity index (χ2n) is 19.7. The molecule has 6 heteroatoms. The Balaban J connectivity index is 4.27. The van der Waals surface area contributed by atoms with Gasteiger partial charge in [-0.05, 0) is 25.2 Å². The molecule has 62 heavy (non-hydrogen) atoms. The van der Waals surface area contributed by atoms with E-state index in [2.05, 4.69) is 27.7 Å². The van der Waals surface area contributed by atoms with E-state index in [0.717, 1.165) is 63.7 Å². The number of hydrogen-bond donors (Lipinski definition) is 0. The molecule has 0 aliphatic heterocycles. The highest BCUT2D eigenvalue weighted by atomic mass is 16.6. The number of carbonyl (C=O) groups excluding carboxylic acids is 3. The molecule has 0 unspecified atom stereocenters. The molecule has 0 N–H and O–H groups in total. The fraction of sp³-hybridized carbons (Fsp3) is 0.946. The summed E-state index contributed by atoms with van der Waals surface area (Å²) in [6, 6.07) is 0. The summed E-state index contributed by atoms with van der Waals surface area (Å²) >= 11 is 0. The van der Waals surface area contributed by atoms with Gasteiger partial charge in [0, 0.05) is 19.3 Å². The minimum Gasteiger partial charge on any atom is -0.462 e. The van der Waals surface area contributed by atoms with Gasteiger partial charge in [-0.25, -0.2) is 0 Å². The Bertz CT molecular complexity index is 933. The summed E-state index contributed by atoms with van der Waals surface area (Å²) in [5.74, 6) is -0.0442. The zero-order chi connectivity index (χ0) is 45.2. The van der Waals surface area contributed by atoms with Crippen LogP contribution in [0.5, 0.6) is 0 Å². The average Bonchev–Trinajstić information content (AvgIpc) is 3.26. The summed E-state index contributed by atoms with van der Waals surface area (Å²) in [6.45, 7) is 9.02. The Morgan fingerprint density at radius 2 is 0.532 bits per heavy atom. The van der Waals surface area contributed by atoms with Crippen molar-refractivity contribution in [2.24, 2.45) is 5.92 Å². The molecule has 0 fully saturated rings. The molecule has 0 aliphatic carbocycles. The standard InChI is InChI=1S/C56H108O6/c1-5-7-9-11-13-15-17-19-21-23-25-27-29-31-37-41-45-49-56(59)62-53(51-61-55(58)48-44-40-36-33-32-34-38-42-46-52(3)4)50-60-54(57)47-43-39-35-30-28-26-24-22-20-18-16-14-12-10-8-6-2/h52-53H,5-51H2,1-4H3/t53-/m1/s1. The highest BCUT2D eigenvalue weighted by Gasteiger charge is 2.19. The Hall–Kier alpha value is -1.59. The quantitative estimate of drug-likeness (QED) is 0.0344. The number of esters is 3. The first-order valence-corrected chi connectivity index (χ1v) is 27.9. The SMILES string of the molecule is CCCCCCCCCCCCCCCCCCCC(=O)O[C@H](COC(=O)CCCCCCCCCCCCCCCCCC)COC(=O)CCCCCCCCCCC(C)C. The maximum absolute atomic E-state index is 12.8. The number of carbonyl (C=O) groups is 3. The van der Waals surface area contributed by atoms with Crippen LogP contribution in [0.1, 0.15) is 317 Å². The van der Waals surface area contributed by atoms with Gasteiger partial charge < -0.3 is 14.2 Å². The monoisotopic (exact) mass is 877 g/mol. The van der Waals surface area contributed by atoms with Crippen molar-refractivity contribution >= 4 is 17.9 Å². The molecule has 0 saturated heterocycles. The van der Waals surface area contributed by atoms with Gasteiger partial charge >= 0.3 is 17.9 Å². The van der Waals surface area contributed by atoms with Crippen LogP contribution >= 0.6 is 0 Å². The molecule has 0 spiro atoms. The summed E-state index contributed by atoms with van der Waals surface area (Å²) in [4.78, 5) is 38.0. The van der Waals surface area contributed by atoms with Gasteiger partial charge in [-0.15, -0.1) is 0 Å². The summed E-state index contributed by atoms with van der Waals surface area (Å²) in [5.41, 5.74) is 0. The van der Waals surface area contributed by atoms with Crippen LogP contribution < -0.4 is 0 Å². The summed E-state index contributed by atoms with van der Waals surface area (Å²) in [7, 11) is 0. The Labute approximate surface area is 387 Å². The van der Waals surface area contributed by atoms with Crippen molar-refractivity contribution in [3.63, 3.8) is 0 Å². The molecule has 0 aromatic heterocycles. The van der Waals surface area contributed by atoms with E-state index in [1.165, 1.54) is 212 Å².